The first-order valence-corrected chi connectivity index (χ1v) is 6.99. The second-order valence-corrected chi connectivity index (χ2v) is 6.32. The van der Waals surface area contributed by atoms with Gasteiger partial charge in [-0.2, -0.15) is 0 Å². The Kier molecular flexibility index (Phi) is 3.83. The fourth-order valence-electron chi connectivity index (χ4n) is 2.26. The summed E-state index contributed by atoms with van der Waals surface area (Å²) in [7, 11) is 1.42. The number of amides is 1. The number of fused-ring (bicyclic) bond motifs is 1. The monoisotopic (exact) mass is 324 g/mol. The zero-order chi connectivity index (χ0) is 16.8. The Morgan fingerprint density at radius 2 is 1.91 bits per heavy atom. The van der Waals surface area contributed by atoms with Crippen molar-refractivity contribution in [2.24, 2.45) is 0 Å². The Morgan fingerprint density at radius 3 is 2.41 bits per heavy atom. The van der Waals surface area contributed by atoms with E-state index in [4.69, 9.17) is 11.6 Å². The number of phenolic OH excluding ortho intramolecular Hbond substituents is 2. The van der Waals surface area contributed by atoms with Gasteiger partial charge in [0.25, 0.3) is 5.91 Å². The maximum Gasteiger partial charge on any atom is 0.256 e. The average molecular weight is 325 g/mol. The number of hydrogen-bond acceptors (Lipinski definition) is 4. The van der Waals surface area contributed by atoms with Gasteiger partial charge in [-0.1, -0.05) is 11.6 Å². The zero-order valence-electron chi connectivity index (χ0n) is 12.7. The molecule has 7 heteroatoms. The quantitative estimate of drug-likeness (QED) is 0.701. The first-order chi connectivity index (χ1) is 10.1. The van der Waals surface area contributed by atoms with Gasteiger partial charge in [0.05, 0.1) is 15.9 Å². The molecule has 0 unspecified atom stereocenters. The highest BCUT2D eigenvalue weighted by atomic mass is 35.5. The number of nitrogens with one attached hydrogen (secondary N) is 1. The third-order valence-corrected chi connectivity index (χ3v) is 3.75. The Hall–Kier alpha value is -2.21. The molecule has 0 spiro atoms. The molecule has 2 rings (SSSR count). The fraction of sp³-hybridized carbons (Fsp3) is 0.333. The number of carbonyl (C=O) groups is 1. The van der Waals surface area contributed by atoms with E-state index >= 15 is 0 Å². The van der Waals surface area contributed by atoms with Crippen LogP contribution in [0.15, 0.2) is 17.1 Å². The Bertz CT molecular complexity index is 834. The number of nitrogens with zero attached hydrogens (tertiary/aromatic N) is 1. The van der Waals surface area contributed by atoms with Crippen LogP contribution in [0.5, 0.6) is 11.5 Å². The number of pyridine rings is 1. The minimum atomic E-state index is -0.602. The molecule has 118 valence electrons. The van der Waals surface area contributed by atoms with Crippen LogP contribution < -0.4 is 10.7 Å². The minimum Gasteiger partial charge on any atom is -0.504 e. The van der Waals surface area contributed by atoms with E-state index in [2.05, 4.69) is 5.32 Å². The molecule has 22 heavy (non-hydrogen) atoms. The largest absolute Gasteiger partial charge is 0.504 e. The molecule has 0 fully saturated rings. The molecule has 1 aromatic heterocycles. The Balaban J connectivity index is 3.10. The maximum absolute atomic E-state index is 12.5. The predicted octanol–water partition coefficient (Wildman–Crippen LogP) is 2.18. The van der Waals surface area contributed by atoms with Crippen LogP contribution in [-0.4, -0.2) is 27.7 Å². The van der Waals surface area contributed by atoms with Crippen molar-refractivity contribution < 1.29 is 15.0 Å². The molecular formula is C15H17ClN2O4. The minimum absolute atomic E-state index is 0.00649. The van der Waals surface area contributed by atoms with Gasteiger partial charge in [-0.05, 0) is 20.8 Å². The number of halogens is 1. The van der Waals surface area contributed by atoms with E-state index < -0.39 is 28.4 Å². The molecule has 2 aromatic rings. The lowest BCUT2D eigenvalue weighted by molar-refractivity contribution is 0.0961. The smallest absolute Gasteiger partial charge is 0.256 e. The van der Waals surface area contributed by atoms with Crippen molar-refractivity contribution in [3.05, 3.63) is 33.1 Å². The van der Waals surface area contributed by atoms with Crippen LogP contribution in [0.4, 0.5) is 0 Å². The van der Waals surface area contributed by atoms with Crippen LogP contribution in [0.25, 0.3) is 10.9 Å². The Labute approximate surface area is 131 Å². The summed E-state index contributed by atoms with van der Waals surface area (Å²) in [4.78, 5) is 24.5. The van der Waals surface area contributed by atoms with Crippen LogP contribution in [-0.2, 0) is 5.54 Å². The van der Waals surface area contributed by atoms with E-state index in [-0.39, 0.29) is 16.0 Å². The van der Waals surface area contributed by atoms with Gasteiger partial charge in [-0.15, -0.1) is 0 Å². The summed E-state index contributed by atoms with van der Waals surface area (Å²) >= 11 is 6.02. The molecule has 1 heterocycles. The van der Waals surface area contributed by atoms with Crippen molar-refractivity contribution in [2.45, 2.75) is 26.3 Å². The third kappa shape index (κ3) is 2.39. The number of carbonyl (C=O) groups excluding carboxylic acids is 1. The molecule has 1 aromatic carbocycles. The molecule has 0 saturated carbocycles. The molecular weight excluding hydrogens is 308 g/mol. The number of rotatable bonds is 1. The molecule has 0 aliphatic rings. The number of aromatic nitrogens is 1. The van der Waals surface area contributed by atoms with Crippen molar-refractivity contribution in [1.82, 2.24) is 9.88 Å². The molecule has 0 aliphatic heterocycles. The van der Waals surface area contributed by atoms with Gasteiger partial charge in [-0.25, -0.2) is 0 Å². The number of hydrogen-bond donors (Lipinski definition) is 3. The van der Waals surface area contributed by atoms with Gasteiger partial charge in [0, 0.05) is 24.8 Å². The first kappa shape index (κ1) is 16.2. The fourth-order valence-corrected chi connectivity index (χ4v) is 2.54. The summed E-state index contributed by atoms with van der Waals surface area (Å²) < 4.78 is 1.67. The second kappa shape index (κ2) is 5.21. The standard InChI is InChI=1S/C15H17ClN2O4/c1-15(2,3)18-6-7(14(22)17-4)12(20)10-8(18)5-9(19)13(21)11(10)16/h5-6,19,21H,1-4H3,(H,17,22). The SMILES string of the molecule is CNC(=O)c1cn(C(C)(C)C)c2cc(O)c(O)c(Cl)c2c1=O. The summed E-state index contributed by atoms with van der Waals surface area (Å²) in [5.41, 5.74) is -0.834. The molecule has 6 nitrogen and oxygen atoms in total. The lowest BCUT2D eigenvalue weighted by Crippen LogP contribution is -2.31. The molecule has 1 amide bonds. The van der Waals surface area contributed by atoms with E-state index in [9.17, 15) is 19.8 Å². The summed E-state index contributed by atoms with van der Waals surface area (Å²) in [6, 6.07) is 1.26. The van der Waals surface area contributed by atoms with Gasteiger partial charge in [0.15, 0.2) is 11.5 Å². The highest BCUT2D eigenvalue weighted by Gasteiger charge is 2.24. The van der Waals surface area contributed by atoms with Gasteiger partial charge in [0.1, 0.15) is 5.56 Å². The molecule has 0 aliphatic carbocycles. The van der Waals surface area contributed by atoms with Gasteiger partial charge in [-0.3, -0.25) is 9.59 Å². The lowest BCUT2D eigenvalue weighted by atomic mass is 10.0. The molecule has 0 radical (unpaired) electrons. The summed E-state index contributed by atoms with van der Waals surface area (Å²) in [5, 5.41) is 21.7. The average Bonchev–Trinajstić information content (AvgIpc) is 2.42. The van der Waals surface area contributed by atoms with Crippen LogP contribution in [0.3, 0.4) is 0 Å². The lowest BCUT2D eigenvalue weighted by Gasteiger charge is -2.27. The normalized spacial score (nSPS) is 11.7. The second-order valence-electron chi connectivity index (χ2n) is 5.94. The molecule has 0 saturated heterocycles. The van der Waals surface area contributed by atoms with Crippen molar-refractivity contribution in [3.8, 4) is 11.5 Å². The highest BCUT2D eigenvalue weighted by molar-refractivity contribution is 6.37. The number of phenols is 2. The maximum atomic E-state index is 12.5. The van der Waals surface area contributed by atoms with Crippen molar-refractivity contribution in [1.29, 1.82) is 0 Å². The summed E-state index contributed by atoms with van der Waals surface area (Å²) in [6.07, 6.45) is 1.43. The van der Waals surface area contributed by atoms with Crippen LogP contribution in [0.1, 0.15) is 31.1 Å². The third-order valence-electron chi connectivity index (χ3n) is 3.38. The van der Waals surface area contributed by atoms with Crippen molar-refractivity contribution in [3.63, 3.8) is 0 Å². The molecule has 0 atom stereocenters. The van der Waals surface area contributed by atoms with E-state index in [0.29, 0.717) is 5.52 Å². The summed E-state index contributed by atoms with van der Waals surface area (Å²) in [6.45, 7) is 5.63. The first-order valence-electron chi connectivity index (χ1n) is 6.62. The van der Waals surface area contributed by atoms with E-state index in [1.54, 1.807) is 4.57 Å². The van der Waals surface area contributed by atoms with Crippen LogP contribution >= 0.6 is 11.6 Å². The summed E-state index contributed by atoms with van der Waals surface area (Å²) in [5.74, 6) is -1.56. The van der Waals surface area contributed by atoms with Gasteiger partial charge >= 0.3 is 0 Å². The van der Waals surface area contributed by atoms with E-state index in [0.717, 1.165) is 0 Å². The van der Waals surface area contributed by atoms with Crippen LogP contribution in [0, 0.1) is 0 Å². The van der Waals surface area contributed by atoms with Crippen molar-refractivity contribution in [2.75, 3.05) is 7.05 Å². The van der Waals surface area contributed by atoms with E-state index in [1.807, 2.05) is 20.8 Å². The van der Waals surface area contributed by atoms with Gasteiger partial charge in [0.2, 0.25) is 5.43 Å². The van der Waals surface area contributed by atoms with Crippen molar-refractivity contribution >= 4 is 28.4 Å². The Morgan fingerprint density at radius 1 is 1.32 bits per heavy atom. The topological polar surface area (TPSA) is 91.6 Å². The predicted molar refractivity (Wildman–Crippen MR) is 84.9 cm³/mol. The van der Waals surface area contributed by atoms with Crippen LogP contribution in [0.2, 0.25) is 5.02 Å². The molecule has 0 bridgehead atoms. The van der Waals surface area contributed by atoms with E-state index in [1.165, 1.54) is 19.3 Å². The number of benzene rings is 1. The molecule has 3 N–H and O–H groups in total. The number of aromatic hydroxyl groups is 2. The van der Waals surface area contributed by atoms with Gasteiger partial charge < -0.3 is 20.1 Å². The highest BCUT2D eigenvalue weighted by Crippen LogP contribution is 2.39. The zero-order valence-corrected chi connectivity index (χ0v) is 13.4.